The number of sulfonamides is 1. The Labute approximate surface area is 144 Å². The highest BCUT2D eigenvalue weighted by atomic mass is 32.2. The summed E-state index contributed by atoms with van der Waals surface area (Å²) in [5.41, 5.74) is 1.75. The summed E-state index contributed by atoms with van der Waals surface area (Å²) < 4.78 is 23.6. The SMILES string of the molecule is CCCN(C(=O)c1cc(C)c(C)c(S(N)(=O)=O)c1)C1CCNCC1. The number of nitrogens with one attached hydrogen (secondary N) is 1. The second kappa shape index (κ2) is 7.63. The van der Waals surface area contributed by atoms with Crippen LogP contribution in [0.15, 0.2) is 17.0 Å². The topological polar surface area (TPSA) is 92.5 Å². The van der Waals surface area contributed by atoms with Gasteiger partial charge in [0.1, 0.15) is 0 Å². The summed E-state index contributed by atoms with van der Waals surface area (Å²) in [5.74, 6) is -0.114. The summed E-state index contributed by atoms with van der Waals surface area (Å²) in [5, 5.41) is 8.61. The number of piperidine rings is 1. The summed E-state index contributed by atoms with van der Waals surface area (Å²) in [6, 6.07) is 3.37. The monoisotopic (exact) mass is 353 g/mol. The molecule has 6 nitrogen and oxygen atoms in total. The molecule has 1 aliphatic rings. The van der Waals surface area contributed by atoms with Crippen molar-refractivity contribution in [2.75, 3.05) is 19.6 Å². The van der Waals surface area contributed by atoms with Crippen LogP contribution in [-0.2, 0) is 10.0 Å². The van der Waals surface area contributed by atoms with E-state index in [0.717, 1.165) is 37.9 Å². The third-order valence-corrected chi connectivity index (χ3v) is 5.69. The summed E-state index contributed by atoms with van der Waals surface area (Å²) in [6.07, 6.45) is 2.69. The zero-order valence-corrected chi connectivity index (χ0v) is 15.4. The van der Waals surface area contributed by atoms with Crippen LogP contribution in [0.4, 0.5) is 0 Å². The van der Waals surface area contributed by atoms with Crippen LogP contribution in [0.3, 0.4) is 0 Å². The Hall–Kier alpha value is -1.44. The van der Waals surface area contributed by atoms with Crippen molar-refractivity contribution in [1.82, 2.24) is 10.2 Å². The van der Waals surface area contributed by atoms with Crippen molar-refractivity contribution in [2.45, 2.75) is 51.0 Å². The Balaban J connectivity index is 2.40. The summed E-state index contributed by atoms with van der Waals surface area (Å²) in [4.78, 5) is 15.0. The van der Waals surface area contributed by atoms with Crippen molar-refractivity contribution in [3.05, 3.63) is 28.8 Å². The van der Waals surface area contributed by atoms with Gasteiger partial charge < -0.3 is 10.2 Å². The summed E-state index contributed by atoms with van der Waals surface area (Å²) >= 11 is 0. The molecule has 0 saturated carbocycles. The van der Waals surface area contributed by atoms with Crippen molar-refractivity contribution >= 4 is 15.9 Å². The van der Waals surface area contributed by atoms with Gasteiger partial charge in [0.05, 0.1) is 4.90 Å². The molecule has 0 aromatic heterocycles. The number of nitrogens with zero attached hydrogens (tertiary/aromatic N) is 1. The number of carbonyl (C=O) groups excluding carboxylic acids is 1. The second-order valence-electron chi connectivity index (χ2n) is 6.44. The van der Waals surface area contributed by atoms with Crippen LogP contribution in [0.5, 0.6) is 0 Å². The number of nitrogens with two attached hydrogens (primary N) is 1. The molecule has 0 aliphatic carbocycles. The molecular weight excluding hydrogens is 326 g/mol. The number of hydrogen-bond donors (Lipinski definition) is 2. The van der Waals surface area contributed by atoms with Gasteiger partial charge in [-0.3, -0.25) is 4.79 Å². The molecule has 1 aliphatic heterocycles. The summed E-state index contributed by atoms with van der Waals surface area (Å²) in [6.45, 7) is 8.01. The van der Waals surface area contributed by atoms with Crippen molar-refractivity contribution in [3.8, 4) is 0 Å². The van der Waals surface area contributed by atoms with Gasteiger partial charge in [0.15, 0.2) is 0 Å². The first-order valence-corrected chi connectivity index (χ1v) is 9.96. The molecule has 1 saturated heterocycles. The predicted octanol–water partition coefficient (Wildman–Crippen LogP) is 1.56. The molecule has 7 heteroatoms. The number of carbonyl (C=O) groups is 1. The minimum atomic E-state index is -3.86. The number of hydrogen-bond acceptors (Lipinski definition) is 4. The standard InChI is InChI=1S/C17H27N3O3S/c1-4-9-20(15-5-7-19-8-6-15)17(21)14-10-12(2)13(3)16(11-14)24(18,22)23/h10-11,15,19H,4-9H2,1-3H3,(H2,18,22,23). The molecule has 0 atom stereocenters. The van der Waals surface area contributed by atoms with Crippen molar-refractivity contribution in [3.63, 3.8) is 0 Å². The maximum absolute atomic E-state index is 13.0. The molecule has 134 valence electrons. The minimum Gasteiger partial charge on any atom is -0.336 e. The maximum Gasteiger partial charge on any atom is 0.254 e. The van der Waals surface area contributed by atoms with E-state index in [1.807, 2.05) is 11.8 Å². The molecule has 1 amide bonds. The first-order chi connectivity index (χ1) is 11.3. The molecule has 1 heterocycles. The summed E-state index contributed by atoms with van der Waals surface area (Å²) in [7, 11) is -3.86. The number of amides is 1. The van der Waals surface area contributed by atoms with Crippen LogP contribution in [0.1, 0.15) is 47.7 Å². The van der Waals surface area contributed by atoms with E-state index in [2.05, 4.69) is 5.32 Å². The Morgan fingerprint density at radius 3 is 2.46 bits per heavy atom. The average Bonchev–Trinajstić information content (AvgIpc) is 2.54. The minimum absolute atomic E-state index is 0.0348. The number of rotatable bonds is 5. The molecule has 3 N–H and O–H groups in total. The van der Waals surface area contributed by atoms with Crippen LogP contribution in [0, 0.1) is 13.8 Å². The molecule has 24 heavy (non-hydrogen) atoms. The Morgan fingerprint density at radius 2 is 1.92 bits per heavy atom. The van der Waals surface area contributed by atoms with E-state index in [4.69, 9.17) is 5.14 Å². The van der Waals surface area contributed by atoms with E-state index in [1.54, 1.807) is 19.9 Å². The van der Waals surface area contributed by atoms with E-state index < -0.39 is 10.0 Å². The van der Waals surface area contributed by atoms with Gasteiger partial charge in [-0.1, -0.05) is 6.92 Å². The highest BCUT2D eigenvalue weighted by Crippen LogP contribution is 2.23. The first kappa shape index (κ1) is 18.9. The van der Waals surface area contributed by atoms with Crippen LogP contribution in [0.2, 0.25) is 0 Å². The van der Waals surface area contributed by atoms with Gasteiger partial charge in [0, 0.05) is 18.2 Å². The lowest BCUT2D eigenvalue weighted by Gasteiger charge is -2.35. The van der Waals surface area contributed by atoms with Crippen LogP contribution in [-0.4, -0.2) is 44.9 Å². The fourth-order valence-corrected chi connectivity index (χ4v) is 4.10. The third kappa shape index (κ3) is 4.15. The largest absolute Gasteiger partial charge is 0.336 e. The van der Waals surface area contributed by atoms with E-state index in [9.17, 15) is 13.2 Å². The smallest absolute Gasteiger partial charge is 0.254 e. The Bertz CT molecular complexity index is 710. The maximum atomic E-state index is 13.0. The van der Waals surface area contributed by atoms with E-state index in [1.165, 1.54) is 6.07 Å². The quantitative estimate of drug-likeness (QED) is 0.840. The molecule has 1 fully saturated rings. The van der Waals surface area contributed by atoms with Crippen molar-refractivity contribution < 1.29 is 13.2 Å². The highest BCUT2D eigenvalue weighted by Gasteiger charge is 2.27. The van der Waals surface area contributed by atoms with Crippen LogP contribution < -0.4 is 10.5 Å². The molecule has 2 rings (SSSR count). The van der Waals surface area contributed by atoms with Gasteiger partial charge in [-0.05, 0) is 69.5 Å². The number of aryl methyl sites for hydroxylation is 1. The average molecular weight is 353 g/mol. The van der Waals surface area contributed by atoms with Gasteiger partial charge >= 0.3 is 0 Å². The number of primary sulfonamides is 1. The van der Waals surface area contributed by atoms with Gasteiger partial charge in [-0.2, -0.15) is 0 Å². The fraction of sp³-hybridized carbons (Fsp3) is 0.588. The second-order valence-corrected chi connectivity index (χ2v) is 7.97. The van der Waals surface area contributed by atoms with Gasteiger partial charge in [0.25, 0.3) is 5.91 Å². The predicted molar refractivity (Wildman–Crippen MR) is 94.5 cm³/mol. The van der Waals surface area contributed by atoms with Crippen LogP contribution in [0.25, 0.3) is 0 Å². The Morgan fingerprint density at radius 1 is 1.29 bits per heavy atom. The van der Waals surface area contributed by atoms with Gasteiger partial charge in [-0.15, -0.1) is 0 Å². The lowest BCUT2D eigenvalue weighted by Crippen LogP contribution is -2.46. The van der Waals surface area contributed by atoms with Gasteiger partial charge in [-0.25, -0.2) is 13.6 Å². The molecule has 1 aromatic carbocycles. The molecular formula is C17H27N3O3S. The lowest BCUT2D eigenvalue weighted by molar-refractivity contribution is 0.0642. The lowest BCUT2D eigenvalue weighted by atomic mass is 10.0. The third-order valence-electron chi connectivity index (χ3n) is 4.65. The molecule has 0 unspecified atom stereocenters. The molecule has 0 bridgehead atoms. The van der Waals surface area contributed by atoms with E-state index in [-0.39, 0.29) is 16.8 Å². The van der Waals surface area contributed by atoms with Crippen molar-refractivity contribution in [2.24, 2.45) is 5.14 Å². The molecule has 0 radical (unpaired) electrons. The normalized spacial score (nSPS) is 16.2. The zero-order valence-electron chi connectivity index (χ0n) is 14.6. The highest BCUT2D eigenvalue weighted by molar-refractivity contribution is 7.89. The molecule has 0 spiro atoms. The molecule has 1 aromatic rings. The fourth-order valence-electron chi connectivity index (χ4n) is 3.22. The van der Waals surface area contributed by atoms with Gasteiger partial charge in [0.2, 0.25) is 10.0 Å². The van der Waals surface area contributed by atoms with E-state index >= 15 is 0 Å². The van der Waals surface area contributed by atoms with E-state index in [0.29, 0.717) is 17.7 Å². The first-order valence-electron chi connectivity index (χ1n) is 8.41. The zero-order chi connectivity index (χ0) is 17.9. The Kier molecular flexibility index (Phi) is 6.01. The van der Waals surface area contributed by atoms with Crippen LogP contribution >= 0.6 is 0 Å². The number of benzene rings is 1. The van der Waals surface area contributed by atoms with Crippen molar-refractivity contribution in [1.29, 1.82) is 0 Å².